The molecule has 2 aromatic heterocycles. The first kappa shape index (κ1) is 13.0. The van der Waals surface area contributed by atoms with Crippen molar-refractivity contribution in [1.29, 1.82) is 0 Å². The molecule has 0 fully saturated rings. The second-order valence-electron chi connectivity index (χ2n) is 4.57. The van der Waals surface area contributed by atoms with E-state index in [9.17, 15) is 4.79 Å². The normalized spacial score (nSPS) is 10.5. The largest absolute Gasteiger partial charge is 0.337 e. The van der Waals surface area contributed by atoms with Gasteiger partial charge < -0.3 is 4.90 Å². The van der Waals surface area contributed by atoms with Crippen LogP contribution < -0.4 is 0 Å². The van der Waals surface area contributed by atoms with E-state index in [1.807, 2.05) is 0 Å². The van der Waals surface area contributed by atoms with Crippen LogP contribution in [0.25, 0.3) is 5.69 Å². The maximum atomic E-state index is 12.3. The zero-order chi connectivity index (χ0) is 14.7. The molecule has 8 nitrogen and oxygen atoms in total. The summed E-state index contributed by atoms with van der Waals surface area (Å²) in [6, 6.07) is 7.11. The smallest absolute Gasteiger partial charge is 0.253 e. The molecule has 0 atom stereocenters. The molecule has 2 heterocycles. The molecule has 21 heavy (non-hydrogen) atoms. The highest BCUT2D eigenvalue weighted by molar-refractivity contribution is 5.94. The van der Waals surface area contributed by atoms with Crippen molar-refractivity contribution in [2.45, 2.75) is 6.54 Å². The number of rotatable bonds is 4. The van der Waals surface area contributed by atoms with Crippen molar-refractivity contribution < 1.29 is 4.79 Å². The lowest BCUT2D eigenvalue weighted by molar-refractivity contribution is 0.0785. The van der Waals surface area contributed by atoms with Crippen LogP contribution in [0.1, 0.15) is 15.9 Å². The summed E-state index contributed by atoms with van der Waals surface area (Å²) in [6.45, 7) is 0.504. The number of nitrogens with one attached hydrogen (secondary N) is 1. The van der Waals surface area contributed by atoms with Gasteiger partial charge in [0.25, 0.3) is 5.91 Å². The van der Waals surface area contributed by atoms with E-state index in [0.29, 0.717) is 12.1 Å². The number of hydrogen-bond donors (Lipinski definition) is 1. The highest BCUT2D eigenvalue weighted by Gasteiger charge is 2.12. The lowest BCUT2D eigenvalue weighted by Crippen LogP contribution is -2.26. The van der Waals surface area contributed by atoms with Crippen molar-refractivity contribution in [3.8, 4) is 5.69 Å². The van der Waals surface area contributed by atoms with Crippen LogP contribution in [0.15, 0.2) is 43.0 Å². The Labute approximate surface area is 120 Å². The number of aromatic amines is 1. The molecule has 0 saturated heterocycles. The standard InChI is InChI=1S/C13H13N7O/c1-19(8-10-6-14-15-7-10)13(21)11-2-4-12(5-3-11)20-9-16-17-18-20/h2-7,9H,8H2,1H3,(H,14,15). The number of tetrazole rings is 1. The van der Waals surface area contributed by atoms with E-state index in [1.165, 1.54) is 11.0 Å². The van der Waals surface area contributed by atoms with Gasteiger partial charge in [0.05, 0.1) is 11.9 Å². The third-order valence-electron chi connectivity index (χ3n) is 3.05. The Hall–Kier alpha value is -3.03. The lowest BCUT2D eigenvalue weighted by Gasteiger charge is -2.16. The van der Waals surface area contributed by atoms with Crippen LogP contribution in [0.5, 0.6) is 0 Å². The van der Waals surface area contributed by atoms with E-state index >= 15 is 0 Å². The topological polar surface area (TPSA) is 92.6 Å². The first-order chi connectivity index (χ1) is 10.2. The molecule has 1 amide bonds. The van der Waals surface area contributed by atoms with Crippen LogP contribution >= 0.6 is 0 Å². The molecule has 1 N–H and O–H groups in total. The summed E-state index contributed by atoms with van der Waals surface area (Å²) in [7, 11) is 1.75. The van der Waals surface area contributed by atoms with E-state index < -0.39 is 0 Å². The molecule has 0 spiro atoms. The third-order valence-corrected chi connectivity index (χ3v) is 3.05. The third kappa shape index (κ3) is 2.78. The molecular weight excluding hydrogens is 270 g/mol. The van der Waals surface area contributed by atoms with Gasteiger partial charge in [-0.2, -0.15) is 5.10 Å². The van der Waals surface area contributed by atoms with Crippen molar-refractivity contribution in [2.75, 3.05) is 7.05 Å². The van der Waals surface area contributed by atoms with Crippen molar-refractivity contribution in [2.24, 2.45) is 0 Å². The van der Waals surface area contributed by atoms with Crippen LogP contribution in [0, 0.1) is 0 Å². The predicted octanol–water partition coefficient (Wildman–Crippen LogP) is 0.658. The van der Waals surface area contributed by atoms with Gasteiger partial charge >= 0.3 is 0 Å². The van der Waals surface area contributed by atoms with E-state index in [0.717, 1.165) is 11.3 Å². The van der Waals surface area contributed by atoms with Crippen molar-refractivity contribution >= 4 is 5.91 Å². The van der Waals surface area contributed by atoms with Gasteiger partial charge in [-0.1, -0.05) is 0 Å². The Morgan fingerprint density at radius 2 is 2.14 bits per heavy atom. The van der Waals surface area contributed by atoms with Crippen molar-refractivity contribution in [1.82, 2.24) is 35.3 Å². The van der Waals surface area contributed by atoms with E-state index in [4.69, 9.17) is 0 Å². The minimum atomic E-state index is -0.0561. The summed E-state index contributed by atoms with van der Waals surface area (Å²) in [5.41, 5.74) is 2.36. The second kappa shape index (κ2) is 5.53. The van der Waals surface area contributed by atoms with E-state index in [-0.39, 0.29) is 5.91 Å². The Morgan fingerprint density at radius 1 is 1.33 bits per heavy atom. The SMILES string of the molecule is CN(Cc1cn[nH]c1)C(=O)c1ccc(-n2cnnn2)cc1. The van der Waals surface area contributed by atoms with Crippen LogP contribution in [-0.2, 0) is 6.54 Å². The number of nitrogens with zero attached hydrogens (tertiary/aromatic N) is 6. The summed E-state index contributed by atoms with van der Waals surface area (Å²) in [6.07, 6.45) is 4.97. The fraction of sp³-hybridized carbons (Fsp3) is 0.154. The van der Waals surface area contributed by atoms with Gasteiger partial charge in [-0.3, -0.25) is 9.89 Å². The van der Waals surface area contributed by atoms with Gasteiger partial charge in [0.1, 0.15) is 6.33 Å². The Kier molecular flexibility index (Phi) is 3.42. The summed E-state index contributed by atoms with van der Waals surface area (Å²) in [4.78, 5) is 14.0. The maximum absolute atomic E-state index is 12.3. The summed E-state index contributed by atoms with van der Waals surface area (Å²) < 4.78 is 1.53. The van der Waals surface area contributed by atoms with Gasteiger partial charge in [0.2, 0.25) is 0 Å². The van der Waals surface area contributed by atoms with Crippen molar-refractivity contribution in [3.63, 3.8) is 0 Å². The number of carbonyl (C=O) groups is 1. The Balaban J connectivity index is 1.72. The number of hydrogen-bond acceptors (Lipinski definition) is 5. The Bertz CT molecular complexity index is 704. The molecule has 0 radical (unpaired) electrons. The molecule has 0 aliphatic carbocycles. The van der Waals surface area contributed by atoms with Gasteiger partial charge in [-0.05, 0) is 34.7 Å². The highest BCUT2D eigenvalue weighted by atomic mass is 16.2. The molecule has 1 aromatic carbocycles. The number of benzene rings is 1. The molecule has 0 aliphatic rings. The van der Waals surface area contributed by atoms with Crippen molar-refractivity contribution in [3.05, 3.63) is 54.1 Å². The van der Waals surface area contributed by atoms with Crippen LogP contribution in [-0.4, -0.2) is 48.3 Å². The van der Waals surface area contributed by atoms with Crippen LogP contribution in [0.3, 0.4) is 0 Å². The van der Waals surface area contributed by atoms with E-state index in [2.05, 4.69) is 25.7 Å². The fourth-order valence-electron chi connectivity index (χ4n) is 1.97. The van der Waals surface area contributed by atoms with Gasteiger partial charge in [-0.15, -0.1) is 5.10 Å². The molecule has 8 heteroatoms. The van der Waals surface area contributed by atoms with Gasteiger partial charge in [-0.25, -0.2) is 4.68 Å². The minimum absolute atomic E-state index is 0.0561. The summed E-state index contributed by atoms with van der Waals surface area (Å²) >= 11 is 0. The highest BCUT2D eigenvalue weighted by Crippen LogP contribution is 2.11. The summed E-state index contributed by atoms with van der Waals surface area (Å²) in [5.74, 6) is -0.0561. The summed E-state index contributed by atoms with van der Waals surface area (Å²) in [5, 5.41) is 17.5. The average molecular weight is 283 g/mol. The van der Waals surface area contributed by atoms with Crippen LogP contribution in [0.4, 0.5) is 0 Å². The quantitative estimate of drug-likeness (QED) is 0.759. The fourth-order valence-corrected chi connectivity index (χ4v) is 1.97. The number of aromatic nitrogens is 6. The molecule has 0 aliphatic heterocycles. The molecule has 3 aromatic rings. The monoisotopic (exact) mass is 283 g/mol. The second-order valence-corrected chi connectivity index (χ2v) is 4.57. The molecule has 0 unspecified atom stereocenters. The predicted molar refractivity (Wildman–Crippen MR) is 73.5 cm³/mol. The number of carbonyl (C=O) groups excluding carboxylic acids is 1. The number of amides is 1. The number of H-pyrrole nitrogens is 1. The molecule has 106 valence electrons. The minimum Gasteiger partial charge on any atom is -0.337 e. The van der Waals surface area contributed by atoms with Gasteiger partial charge in [0.15, 0.2) is 0 Å². The van der Waals surface area contributed by atoms with E-state index in [1.54, 1.807) is 48.6 Å². The molecule has 3 rings (SSSR count). The lowest BCUT2D eigenvalue weighted by atomic mass is 10.2. The molecule has 0 saturated carbocycles. The van der Waals surface area contributed by atoms with Gasteiger partial charge in [0, 0.05) is 30.9 Å². The maximum Gasteiger partial charge on any atom is 0.253 e. The Morgan fingerprint density at radius 3 is 2.76 bits per heavy atom. The molecule has 0 bridgehead atoms. The zero-order valence-corrected chi connectivity index (χ0v) is 11.3. The first-order valence-electron chi connectivity index (χ1n) is 6.30. The zero-order valence-electron chi connectivity index (χ0n) is 11.3. The first-order valence-corrected chi connectivity index (χ1v) is 6.30. The molecular formula is C13H13N7O. The average Bonchev–Trinajstić information content (AvgIpc) is 3.20. The van der Waals surface area contributed by atoms with Crippen LogP contribution in [0.2, 0.25) is 0 Å².